The zero-order valence-corrected chi connectivity index (χ0v) is 11.1. The van der Waals surface area contributed by atoms with Crippen LogP contribution in [-0.2, 0) is 9.84 Å². The molecule has 0 radical (unpaired) electrons. The molecule has 5 heteroatoms. The predicted molar refractivity (Wildman–Crippen MR) is 65.2 cm³/mol. The topological polar surface area (TPSA) is 57.6 Å². The molecule has 1 N–H and O–H groups in total. The Kier molecular flexibility index (Phi) is 4.76. The summed E-state index contributed by atoms with van der Waals surface area (Å²) >= 11 is 0. The molecule has 1 rings (SSSR count). The first kappa shape index (κ1) is 13.9. The number of piperidine rings is 1. The summed E-state index contributed by atoms with van der Waals surface area (Å²) in [6, 6.07) is 0. The molecule has 0 amide bonds. The second-order valence-corrected chi connectivity index (χ2v) is 7.56. The number of likely N-dealkylation sites (tertiary alicyclic amines) is 1. The van der Waals surface area contributed by atoms with Crippen molar-refractivity contribution in [1.82, 2.24) is 4.90 Å². The first-order chi connectivity index (χ1) is 7.41. The van der Waals surface area contributed by atoms with Gasteiger partial charge in [-0.1, -0.05) is 13.8 Å². The normalized spacial score (nSPS) is 28.2. The van der Waals surface area contributed by atoms with Crippen LogP contribution in [0.4, 0.5) is 0 Å². The van der Waals surface area contributed by atoms with Gasteiger partial charge in [0.05, 0.1) is 5.75 Å². The Hall–Kier alpha value is -0.130. The number of hydrogen-bond donors (Lipinski definition) is 1. The molecule has 0 saturated carbocycles. The average Bonchev–Trinajstić information content (AvgIpc) is 2.27. The van der Waals surface area contributed by atoms with E-state index >= 15 is 0 Å². The quantitative estimate of drug-likeness (QED) is 0.771. The average molecular weight is 249 g/mol. The van der Waals surface area contributed by atoms with E-state index < -0.39 is 9.84 Å². The lowest BCUT2D eigenvalue weighted by Gasteiger charge is -2.39. The van der Waals surface area contributed by atoms with Crippen LogP contribution in [0.25, 0.3) is 0 Å². The fourth-order valence-corrected chi connectivity index (χ4v) is 2.98. The highest BCUT2D eigenvalue weighted by molar-refractivity contribution is 7.91. The van der Waals surface area contributed by atoms with Crippen molar-refractivity contribution in [2.24, 2.45) is 5.41 Å². The lowest BCUT2D eigenvalue weighted by Crippen LogP contribution is -2.45. The summed E-state index contributed by atoms with van der Waals surface area (Å²) in [5.74, 6) is 0.461. The van der Waals surface area contributed by atoms with E-state index in [0.717, 1.165) is 25.9 Å². The highest BCUT2D eigenvalue weighted by Gasteiger charge is 2.30. The molecule has 0 aromatic carbocycles. The molecule has 1 aliphatic heterocycles. The van der Waals surface area contributed by atoms with Gasteiger partial charge in [0.25, 0.3) is 0 Å². The molecule has 1 heterocycles. The number of hydrogen-bond acceptors (Lipinski definition) is 4. The van der Waals surface area contributed by atoms with Gasteiger partial charge in [0.2, 0.25) is 0 Å². The van der Waals surface area contributed by atoms with Crippen LogP contribution in [-0.4, -0.2) is 56.2 Å². The highest BCUT2D eigenvalue weighted by atomic mass is 32.2. The van der Waals surface area contributed by atoms with Crippen molar-refractivity contribution in [1.29, 1.82) is 0 Å². The van der Waals surface area contributed by atoms with Crippen molar-refractivity contribution in [3.05, 3.63) is 0 Å². The van der Waals surface area contributed by atoms with Crippen LogP contribution in [0.2, 0.25) is 0 Å². The van der Waals surface area contributed by atoms with Gasteiger partial charge in [0.15, 0.2) is 9.84 Å². The first-order valence-corrected chi connectivity index (χ1v) is 7.76. The van der Waals surface area contributed by atoms with Crippen molar-refractivity contribution < 1.29 is 13.5 Å². The van der Waals surface area contributed by atoms with E-state index in [9.17, 15) is 13.5 Å². The van der Waals surface area contributed by atoms with Gasteiger partial charge in [-0.05, 0) is 19.4 Å². The van der Waals surface area contributed by atoms with Gasteiger partial charge in [0.1, 0.15) is 0 Å². The highest BCUT2D eigenvalue weighted by Crippen LogP contribution is 2.28. The summed E-state index contributed by atoms with van der Waals surface area (Å²) in [7, 11) is -2.87. The third-order valence-corrected chi connectivity index (χ3v) is 5.08. The minimum atomic E-state index is -2.87. The van der Waals surface area contributed by atoms with E-state index in [-0.39, 0.29) is 23.5 Å². The Bertz CT molecular complexity index is 315. The maximum absolute atomic E-state index is 11.4. The molecular weight excluding hydrogens is 226 g/mol. The molecule has 96 valence electrons. The minimum Gasteiger partial charge on any atom is -0.396 e. The summed E-state index contributed by atoms with van der Waals surface area (Å²) < 4.78 is 22.8. The van der Waals surface area contributed by atoms with Gasteiger partial charge in [-0.15, -0.1) is 0 Å². The zero-order chi connectivity index (χ0) is 12.2. The molecule has 0 aromatic rings. The van der Waals surface area contributed by atoms with Crippen LogP contribution < -0.4 is 0 Å². The lowest BCUT2D eigenvalue weighted by molar-refractivity contribution is 0.0497. The van der Waals surface area contributed by atoms with Crippen molar-refractivity contribution in [2.45, 2.75) is 26.7 Å². The largest absolute Gasteiger partial charge is 0.396 e. The van der Waals surface area contributed by atoms with E-state index in [2.05, 4.69) is 11.8 Å². The summed E-state index contributed by atoms with van der Waals surface area (Å²) in [6.45, 7) is 6.30. The van der Waals surface area contributed by atoms with E-state index in [1.54, 1.807) is 6.92 Å². The first-order valence-electron chi connectivity index (χ1n) is 5.94. The number of nitrogens with zero attached hydrogens (tertiary/aromatic N) is 1. The molecule has 16 heavy (non-hydrogen) atoms. The van der Waals surface area contributed by atoms with Gasteiger partial charge in [0, 0.05) is 30.9 Å². The molecule has 0 aliphatic carbocycles. The Morgan fingerprint density at radius 2 is 2.12 bits per heavy atom. The van der Waals surface area contributed by atoms with Crippen LogP contribution >= 0.6 is 0 Å². The zero-order valence-electron chi connectivity index (χ0n) is 10.3. The summed E-state index contributed by atoms with van der Waals surface area (Å²) in [5.41, 5.74) is -0.0474. The molecule has 1 fully saturated rings. The van der Waals surface area contributed by atoms with Crippen LogP contribution in [0.5, 0.6) is 0 Å². The minimum absolute atomic E-state index is 0.0474. The maximum atomic E-state index is 11.4. The third-order valence-electron chi connectivity index (χ3n) is 3.40. The molecule has 4 nitrogen and oxygen atoms in total. The number of aliphatic hydroxyl groups excluding tert-OH is 1. The summed E-state index contributed by atoms with van der Waals surface area (Å²) in [5, 5.41) is 9.30. The fraction of sp³-hybridized carbons (Fsp3) is 1.00. The van der Waals surface area contributed by atoms with E-state index in [4.69, 9.17) is 0 Å². The van der Waals surface area contributed by atoms with Gasteiger partial charge in [-0.25, -0.2) is 8.42 Å². The Labute approximate surface area is 98.6 Å². The summed E-state index contributed by atoms with van der Waals surface area (Å²) in [6.07, 6.45) is 2.07. The van der Waals surface area contributed by atoms with Crippen molar-refractivity contribution in [2.75, 3.05) is 37.7 Å². The van der Waals surface area contributed by atoms with Crippen LogP contribution in [0, 0.1) is 5.41 Å². The molecule has 1 unspecified atom stereocenters. The van der Waals surface area contributed by atoms with E-state index in [1.807, 2.05) is 0 Å². The molecule has 1 atom stereocenters. The van der Waals surface area contributed by atoms with Crippen LogP contribution in [0.3, 0.4) is 0 Å². The molecular formula is C11H23NO3S. The second-order valence-electron chi connectivity index (χ2n) is 5.08. The van der Waals surface area contributed by atoms with Gasteiger partial charge >= 0.3 is 0 Å². The molecule has 1 aliphatic rings. The predicted octanol–water partition coefficient (Wildman–Crippen LogP) is 0.515. The maximum Gasteiger partial charge on any atom is 0.151 e. The van der Waals surface area contributed by atoms with Crippen LogP contribution in [0.15, 0.2) is 0 Å². The van der Waals surface area contributed by atoms with E-state index in [0.29, 0.717) is 6.54 Å². The third kappa shape index (κ3) is 4.03. The molecule has 0 spiro atoms. The van der Waals surface area contributed by atoms with Crippen molar-refractivity contribution in [3.63, 3.8) is 0 Å². The molecule has 0 aromatic heterocycles. The van der Waals surface area contributed by atoms with E-state index in [1.165, 1.54) is 0 Å². The fourth-order valence-electron chi connectivity index (χ4n) is 2.16. The summed E-state index contributed by atoms with van der Waals surface area (Å²) in [4.78, 5) is 2.16. The smallest absolute Gasteiger partial charge is 0.151 e. The van der Waals surface area contributed by atoms with Crippen molar-refractivity contribution in [3.8, 4) is 0 Å². The molecule has 0 bridgehead atoms. The molecule has 1 saturated heterocycles. The lowest BCUT2D eigenvalue weighted by atomic mass is 9.83. The van der Waals surface area contributed by atoms with Crippen molar-refractivity contribution >= 4 is 9.84 Å². The van der Waals surface area contributed by atoms with Gasteiger partial charge < -0.3 is 10.0 Å². The van der Waals surface area contributed by atoms with Gasteiger partial charge in [-0.2, -0.15) is 0 Å². The second kappa shape index (κ2) is 5.47. The number of aliphatic hydroxyl groups is 1. The Morgan fingerprint density at radius 3 is 2.69 bits per heavy atom. The van der Waals surface area contributed by atoms with Gasteiger partial charge in [-0.3, -0.25) is 0 Å². The number of sulfone groups is 1. The standard InChI is InChI=1S/C11H23NO3S/c1-3-16(14,15)8-7-12-6-4-5-11(2,9-12)10-13/h13H,3-10H2,1-2H3. The Morgan fingerprint density at radius 1 is 1.44 bits per heavy atom. The van der Waals surface area contributed by atoms with Crippen LogP contribution in [0.1, 0.15) is 26.7 Å². The SMILES string of the molecule is CCS(=O)(=O)CCN1CCCC(C)(CO)C1. The monoisotopic (exact) mass is 249 g/mol. The Balaban J connectivity index is 2.44. The number of rotatable bonds is 5.